The third kappa shape index (κ3) is 3.11. The SMILES string of the molecule is COC(=O)c1ccccc1NC(=O)[C@@H]1CCCc2ccccc21. The van der Waals surface area contributed by atoms with E-state index >= 15 is 0 Å². The van der Waals surface area contributed by atoms with Crippen LogP contribution in [0.4, 0.5) is 5.69 Å². The van der Waals surface area contributed by atoms with Crippen molar-refractivity contribution in [2.45, 2.75) is 25.2 Å². The zero-order chi connectivity index (χ0) is 16.2. The summed E-state index contributed by atoms with van der Waals surface area (Å²) in [6.07, 6.45) is 2.83. The summed E-state index contributed by atoms with van der Waals surface area (Å²) < 4.78 is 4.77. The van der Waals surface area contributed by atoms with Gasteiger partial charge in [-0.1, -0.05) is 36.4 Å². The minimum absolute atomic E-state index is 0.0755. The number of rotatable bonds is 3. The molecule has 1 amide bonds. The first-order chi connectivity index (χ1) is 11.2. The molecule has 4 nitrogen and oxygen atoms in total. The number of para-hydroxylation sites is 1. The number of fused-ring (bicyclic) bond motifs is 1. The summed E-state index contributed by atoms with van der Waals surface area (Å²) in [6, 6.07) is 15.0. The summed E-state index contributed by atoms with van der Waals surface area (Å²) in [6.45, 7) is 0. The molecule has 4 heteroatoms. The van der Waals surface area contributed by atoms with E-state index in [0.29, 0.717) is 11.3 Å². The lowest BCUT2D eigenvalue weighted by Gasteiger charge is -2.25. The van der Waals surface area contributed by atoms with Crippen molar-refractivity contribution in [1.29, 1.82) is 0 Å². The molecule has 1 N–H and O–H groups in total. The standard InChI is InChI=1S/C19H19NO3/c1-23-19(22)16-10-4-5-12-17(16)20-18(21)15-11-6-8-13-7-2-3-9-14(13)15/h2-5,7,9-10,12,15H,6,8,11H2,1H3,(H,20,21)/t15-/m1/s1. The molecular formula is C19H19NO3. The lowest BCUT2D eigenvalue weighted by atomic mass is 9.82. The molecule has 0 saturated carbocycles. The van der Waals surface area contributed by atoms with Gasteiger partial charge in [-0.05, 0) is 42.5 Å². The summed E-state index contributed by atoms with van der Waals surface area (Å²) >= 11 is 0. The molecule has 0 saturated heterocycles. The molecule has 0 unspecified atom stereocenters. The van der Waals surface area contributed by atoms with Crippen molar-refractivity contribution in [2.24, 2.45) is 0 Å². The highest BCUT2D eigenvalue weighted by molar-refractivity contribution is 6.03. The fourth-order valence-electron chi connectivity index (χ4n) is 3.13. The predicted molar refractivity (Wildman–Crippen MR) is 88.5 cm³/mol. The Morgan fingerprint density at radius 2 is 1.83 bits per heavy atom. The van der Waals surface area contributed by atoms with E-state index in [0.717, 1.165) is 24.8 Å². The van der Waals surface area contributed by atoms with Crippen LogP contribution in [-0.4, -0.2) is 19.0 Å². The molecule has 1 atom stereocenters. The number of methoxy groups -OCH3 is 1. The Morgan fingerprint density at radius 1 is 1.09 bits per heavy atom. The Bertz CT molecular complexity index is 739. The van der Waals surface area contributed by atoms with Crippen LogP contribution in [0.5, 0.6) is 0 Å². The van der Waals surface area contributed by atoms with Gasteiger partial charge in [-0.25, -0.2) is 4.79 Å². The largest absolute Gasteiger partial charge is 0.465 e. The normalized spacial score (nSPS) is 16.3. The molecule has 1 aliphatic carbocycles. The number of anilines is 1. The van der Waals surface area contributed by atoms with Crippen LogP contribution >= 0.6 is 0 Å². The lowest BCUT2D eigenvalue weighted by molar-refractivity contribution is -0.117. The number of carbonyl (C=O) groups excluding carboxylic acids is 2. The summed E-state index contributed by atoms with van der Waals surface area (Å²) in [4.78, 5) is 24.5. The second-order valence-corrected chi connectivity index (χ2v) is 5.67. The molecule has 0 spiro atoms. The van der Waals surface area contributed by atoms with Crippen molar-refractivity contribution >= 4 is 17.6 Å². The summed E-state index contributed by atoms with van der Waals surface area (Å²) in [5.41, 5.74) is 3.19. The second-order valence-electron chi connectivity index (χ2n) is 5.67. The van der Waals surface area contributed by atoms with Crippen LogP contribution in [0.2, 0.25) is 0 Å². The lowest BCUT2D eigenvalue weighted by Crippen LogP contribution is -2.25. The number of ether oxygens (including phenoxy) is 1. The van der Waals surface area contributed by atoms with Gasteiger partial charge in [-0.15, -0.1) is 0 Å². The highest BCUT2D eigenvalue weighted by Gasteiger charge is 2.27. The summed E-state index contributed by atoms with van der Waals surface area (Å²) in [5, 5.41) is 2.90. The van der Waals surface area contributed by atoms with Crippen LogP contribution in [-0.2, 0) is 16.0 Å². The molecule has 0 aliphatic heterocycles. The molecule has 0 radical (unpaired) electrons. The van der Waals surface area contributed by atoms with Crippen molar-refractivity contribution in [2.75, 3.05) is 12.4 Å². The Balaban J connectivity index is 1.85. The molecule has 2 aromatic rings. The summed E-state index contributed by atoms with van der Waals surface area (Å²) in [7, 11) is 1.33. The maximum absolute atomic E-state index is 12.7. The van der Waals surface area contributed by atoms with Crippen molar-refractivity contribution in [1.82, 2.24) is 0 Å². The van der Waals surface area contributed by atoms with Crippen LogP contribution in [0.15, 0.2) is 48.5 Å². The zero-order valence-electron chi connectivity index (χ0n) is 13.0. The van der Waals surface area contributed by atoms with Gasteiger partial charge >= 0.3 is 5.97 Å². The van der Waals surface area contributed by atoms with Gasteiger partial charge in [0.25, 0.3) is 0 Å². The van der Waals surface area contributed by atoms with Crippen molar-refractivity contribution in [3.63, 3.8) is 0 Å². The fraction of sp³-hybridized carbons (Fsp3) is 0.263. The van der Waals surface area contributed by atoms with E-state index in [9.17, 15) is 9.59 Å². The molecule has 0 bridgehead atoms. The van der Waals surface area contributed by atoms with Gasteiger partial charge in [-0.2, -0.15) is 0 Å². The Kier molecular flexibility index (Phi) is 4.42. The van der Waals surface area contributed by atoms with E-state index in [1.807, 2.05) is 18.2 Å². The number of carbonyl (C=O) groups is 2. The zero-order valence-corrected chi connectivity index (χ0v) is 13.0. The highest BCUT2D eigenvalue weighted by atomic mass is 16.5. The number of amides is 1. The quantitative estimate of drug-likeness (QED) is 0.882. The third-order valence-electron chi connectivity index (χ3n) is 4.28. The topological polar surface area (TPSA) is 55.4 Å². The van der Waals surface area contributed by atoms with Crippen molar-refractivity contribution in [3.05, 3.63) is 65.2 Å². The highest BCUT2D eigenvalue weighted by Crippen LogP contribution is 2.32. The van der Waals surface area contributed by atoms with Gasteiger partial charge in [-0.3, -0.25) is 4.79 Å². The molecule has 0 fully saturated rings. The minimum atomic E-state index is -0.454. The molecule has 0 aromatic heterocycles. The van der Waals surface area contributed by atoms with Crippen LogP contribution in [0.1, 0.15) is 40.2 Å². The van der Waals surface area contributed by atoms with E-state index < -0.39 is 5.97 Å². The monoisotopic (exact) mass is 309 g/mol. The van der Waals surface area contributed by atoms with Crippen molar-refractivity contribution in [3.8, 4) is 0 Å². The number of hydrogen-bond donors (Lipinski definition) is 1. The van der Waals surface area contributed by atoms with Crippen molar-refractivity contribution < 1.29 is 14.3 Å². The van der Waals surface area contributed by atoms with Gasteiger partial charge in [0, 0.05) is 0 Å². The molecule has 0 heterocycles. The van der Waals surface area contributed by atoms with Gasteiger partial charge in [0.2, 0.25) is 5.91 Å². The number of benzene rings is 2. The third-order valence-corrected chi connectivity index (χ3v) is 4.28. The van der Waals surface area contributed by atoms with Gasteiger partial charge < -0.3 is 10.1 Å². The number of aryl methyl sites for hydroxylation is 1. The number of esters is 1. The number of hydrogen-bond acceptors (Lipinski definition) is 3. The summed E-state index contributed by atoms with van der Waals surface area (Å²) in [5.74, 6) is -0.705. The molecule has 3 rings (SSSR count). The first-order valence-electron chi connectivity index (χ1n) is 7.76. The Labute approximate surface area is 135 Å². The molecular weight excluding hydrogens is 290 g/mol. The smallest absolute Gasteiger partial charge is 0.339 e. The van der Waals surface area contributed by atoms with Gasteiger partial charge in [0.1, 0.15) is 0 Å². The molecule has 23 heavy (non-hydrogen) atoms. The van der Waals surface area contributed by atoms with Gasteiger partial charge in [0.05, 0.1) is 24.3 Å². The van der Waals surface area contributed by atoms with Crippen LogP contribution in [0, 0.1) is 0 Å². The second kappa shape index (κ2) is 6.65. The first kappa shape index (κ1) is 15.3. The average molecular weight is 309 g/mol. The van der Waals surface area contributed by atoms with E-state index in [1.54, 1.807) is 24.3 Å². The van der Waals surface area contributed by atoms with Crippen LogP contribution in [0.3, 0.4) is 0 Å². The maximum Gasteiger partial charge on any atom is 0.339 e. The van der Waals surface area contributed by atoms with E-state index in [-0.39, 0.29) is 11.8 Å². The Morgan fingerprint density at radius 3 is 2.65 bits per heavy atom. The van der Waals surface area contributed by atoms with E-state index in [4.69, 9.17) is 4.74 Å². The molecule has 118 valence electrons. The van der Waals surface area contributed by atoms with Gasteiger partial charge in [0.15, 0.2) is 0 Å². The Hall–Kier alpha value is -2.62. The average Bonchev–Trinajstić information content (AvgIpc) is 2.61. The number of nitrogens with one attached hydrogen (secondary N) is 1. The predicted octanol–water partition coefficient (Wildman–Crippen LogP) is 3.53. The van der Waals surface area contributed by atoms with Crippen LogP contribution < -0.4 is 5.32 Å². The maximum atomic E-state index is 12.7. The fourth-order valence-corrected chi connectivity index (χ4v) is 3.13. The minimum Gasteiger partial charge on any atom is -0.465 e. The first-order valence-corrected chi connectivity index (χ1v) is 7.76. The molecule has 1 aliphatic rings. The van der Waals surface area contributed by atoms with E-state index in [1.165, 1.54) is 12.7 Å². The van der Waals surface area contributed by atoms with E-state index in [2.05, 4.69) is 11.4 Å². The van der Waals surface area contributed by atoms with Crippen LogP contribution in [0.25, 0.3) is 0 Å². The molecule has 2 aromatic carbocycles.